The van der Waals surface area contributed by atoms with Gasteiger partial charge in [-0.3, -0.25) is 4.90 Å². The Kier molecular flexibility index (Phi) is 5.84. The van der Waals surface area contributed by atoms with Gasteiger partial charge in [0.1, 0.15) is 10.8 Å². The summed E-state index contributed by atoms with van der Waals surface area (Å²) in [5.74, 6) is -0.249. The second-order valence-electron chi connectivity index (χ2n) is 6.90. The van der Waals surface area contributed by atoms with E-state index in [0.717, 1.165) is 42.1 Å². The molecule has 1 aromatic carbocycles. The molecular formula is C19H25FN2O2S. The van der Waals surface area contributed by atoms with Crippen molar-refractivity contribution in [1.29, 1.82) is 0 Å². The van der Waals surface area contributed by atoms with E-state index >= 15 is 0 Å². The second-order valence-corrected chi connectivity index (χ2v) is 7.85. The van der Waals surface area contributed by atoms with E-state index in [2.05, 4.69) is 16.8 Å². The molecule has 0 saturated carbocycles. The Bertz CT molecular complexity index is 691. The van der Waals surface area contributed by atoms with Crippen molar-refractivity contribution in [2.24, 2.45) is 5.41 Å². The molecule has 1 saturated heterocycles. The number of aliphatic hydroxyl groups is 2. The smallest absolute Gasteiger partial charge is 0.123 e. The van der Waals surface area contributed by atoms with Gasteiger partial charge in [-0.2, -0.15) is 0 Å². The predicted molar refractivity (Wildman–Crippen MR) is 97.8 cm³/mol. The van der Waals surface area contributed by atoms with Crippen molar-refractivity contribution in [3.05, 3.63) is 40.5 Å². The molecule has 25 heavy (non-hydrogen) atoms. The molecule has 1 aliphatic heterocycles. The highest BCUT2D eigenvalue weighted by atomic mass is 32.1. The van der Waals surface area contributed by atoms with Crippen LogP contribution in [0.3, 0.4) is 0 Å². The maximum atomic E-state index is 13.0. The van der Waals surface area contributed by atoms with Gasteiger partial charge in [0.05, 0.1) is 24.9 Å². The Labute approximate surface area is 152 Å². The molecule has 2 N–H and O–H groups in total. The minimum absolute atomic E-state index is 0.0435. The maximum Gasteiger partial charge on any atom is 0.123 e. The number of rotatable bonds is 6. The van der Waals surface area contributed by atoms with Gasteiger partial charge in [-0.25, -0.2) is 9.37 Å². The summed E-state index contributed by atoms with van der Waals surface area (Å²) < 4.78 is 13.0. The number of aromatic nitrogens is 1. The van der Waals surface area contributed by atoms with Gasteiger partial charge >= 0.3 is 0 Å². The van der Waals surface area contributed by atoms with Gasteiger partial charge < -0.3 is 10.2 Å². The van der Waals surface area contributed by atoms with Gasteiger partial charge in [0.25, 0.3) is 0 Å². The zero-order chi connectivity index (χ0) is 17.9. The first-order chi connectivity index (χ1) is 12.1. The summed E-state index contributed by atoms with van der Waals surface area (Å²) in [5.41, 5.74) is 1.41. The third kappa shape index (κ3) is 4.08. The van der Waals surface area contributed by atoms with Crippen molar-refractivity contribution >= 4 is 11.3 Å². The van der Waals surface area contributed by atoms with Crippen molar-refractivity contribution in [2.75, 3.05) is 19.7 Å². The molecule has 0 radical (unpaired) electrons. The lowest BCUT2D eigenvalue weighted by molar-refractivity contribution is -0.0802. The van der Waals surface area contributed by atoms with E-state index in [4.69, 9.17) is 0 Å². The molecule has 0 unspecified atom stereocenters. The molecule has 4 nitrogen and oxygen atoms in total. The lowest BCUT2D eigenvalue weighted by Crippen LogP contribution is -2.52. The predicted octanol–water partition coefficient (Wildman–Crippen LogP) is 3.29. The fourth-order valence-electron chi connectivity index (χ4n) is 3.60. The number of piperidine rings is 1. The van der Waals surface area contributed by atoms with Crippen LogP contribution >= 0.6 is 11.3 Å². The first-order valence-electron chi connectivity index (χ1n) is 8.78. The molecule has 0 bridgehead atoms. The quantitative estimate of drug-likeness (QED) is 0.826. The zero-order valence-electron chi connectivity index (χ0n) is 14.5. The molecule has 2 heterocycles. The maximum absolute atomic E-state index is 13.0. The number of thiazole rings is 1. The standard InChI is InChI=1S/C19H25FN2O2S/c1-2-7-19(13-23)8-9-22(10-17(19)24)11-18-21-16(12-25-18)14-3-5-15(20)6-4-14/h3-6,12,17,23-24H,2,7-11,13H2,1H3/t17-,19+/m0/s1. The average Bonchev–Trinajstić information content (AvgIpc) is 3.07. The zero-order valence-corrected chi connectivity index (χ0v) is 15.3. The number of β-amino-alcohol motifs (C(OH)–C–C–N with tert-alkyl or cyclic N) is 1. The molecule has 1 aromatic heterocycles. The van der Waals surface area contributed by atoms with E-state index < -0.39 is 6.10 Å². The molecule has 6 heteroatoms. The molecule has 1 fully saturated rings. The normalized spacial score (nSPS) is 24.6. The van der Waals surface area contributed by atoms with Crippen molar-refractivity contribution in [2.45, 2.75) is 38.8 Å². The summed E-state index contributed by atoms with van der Waals surface area (Å²) in [6, 6.07) is 6.35. The summed E-state index contributed by atoms with van der Waals surface area (Å²) in [6.07, 6.45) is 2.10. The number of likely N-dealkylation sites (tertiary alicyclic amines) is 1. The van der Waals surface area contributed by atoms with Crippen LogP contribution in [-0.4, -0.2) is 45.9 Å². The van der Waals surface area contributed by atoms with E-state index in [1.165, 1.54) is 12.1 Å². The molecule has 2 aromatic rings. The van der Waals surface area contributed by atoms with Gasteiger partial charge in [-0.05, 0) is 43.7 Å². The van der Waals surface area contributed by atoms with Crippen LogP contribution in [0.5, 0.6) is 0 Å². The third-order valence-corrected chi connectivity index (χ3v) is 6.01. The molecule has 3 rings (SSSR count). The minimum Gasteiger partial charge on any atom is -0.396 e. The van der Waals surface area contributed by atoms with Crippen LogP contribution in [0.25, 0.3) is 11.3 Å². The summed E-state index contributed by atoms with van der Waals surface area (Å²) in [5, 5.41) is 23.3. The van der Waals surface area contributed by atoms with Gasteiger partial charge in [0.2, 0.25) is 0 Å². The van der Waals surface area contributed by atoms with Gasteiger partial charge in [-0.1, -0.05) is 13.3 Å². The number of nitrogens with zero attached hydrogens (tertiary/aromatic N) is 2. The highest BCUT2D eigenvalue weighted by Crippen LogP contribution is 2.36. The van der Waals surface area contributed by atoms with Crippen LogP contribution in [0.4, 0.5) is 4.39 Å². The first kappa shape index (κ1) is 18.5. The van der Waals surface area contributed by atoms with Gasteiger partial charge in [-0.15, -0.1) is 11.3 Å². The van der Waals surface area contributed by atoms with E-state index in [1.807, 2.05) is 5.38 Å². The van der Waals surface area contributed by atoms with Crippen molar-refractivity contribution in [3.63, 3.8) is 0 Å². The van der Waals surface area contributed by atoms with Crippen LogP contribution < -0.4 is 0 Å². The Morgan fingerprint density at radius 3 is 2.76 bits per heavy atom. The molecule has 0 amide bonds. The van der Waals surface area contributed by atoms with Crippen molar-refractivity contribution < 1.29 is 14.6 Å². The SMILES string of the molecule is CCC[C@]1(CO)CCN(Cc2nc(-c3ccc(F)cc3)cs2)C[C@@H]1O. The lowest BCUT2D eigenvalue weighted by atomic mass is 9.73. The molecular weight excluding hydrogens is 339 g/mol. The molecule has 0 spiro atoms. The number of hydrogen-bond acceptors (Lipinski definition) is 5. The molecule has 0 aliphatic carbocycles. The summed E-state index contributed by atoms with van der Waals surface area (Å²) >= 11 is 1.58. The van der Waals surface area contributed by atoms with Gasteiger partial charge in [0, 0.05) is 22.9 Å². The second kappa shape index (κ2) is 7.91. The van der Waals surface area contributed by atoms with Crippen molar-refractivity contribution in [3.8, 4) is 11.3 Å². The highest BCUT2D eigenvalue weighted by molar-refractivity contribution is 7.09. The van der Waals surface area contributed by atoms with E-state index in [1.54, 1.807) is 23.5 Å². The lowest BCUT2D eigenvalue weighted by Gasteiger charge is -2.44. The molecule has 136 valence electrons. The molecule has 1 aliphatic rings. The van der Waals surface area contributed by atoms with Crippen LogP contribution in [0.15, 0.2) is 29.6 Å². The topological polar surface area (TPSA) is 56.6 Å². The Hall–Kier alpha value is -1.34. The third-order valence-electron chi connectivity index (χ3n) is 5.18. The summed E-state index contributed by atoms with van der Waals surface area (Å²) in [4.78, 5) is 6.84. The summed E-state index contributed by atoms with van der Waals surface area (Å²) in [6.45, 7) is 4.23. The van der Waals surface area contributed by atoms with Crippen LogP contribution in [0, 0.1) is 11.2 Å². The average molecular weight is 364 g/mol. The fourth-order valence-corrected chi connectivity index (χ4v) is 4.45. The van der Waals surface area contributed by atoms with Crippen LogP contribution in [0.2, 0.25) is 0 Å². The van der Waals surface area contributed by atoms with Crippen LogP contribution in [0.1, 0.15) is 31.2 Å². The van der Waals surface area contributed by atoms with E-state index in [0.29, 0.717) is 13.1 Å². The van der Waals surface area contributed by atoms with E-state index in [9.17, 15) is 14.6 Å². The Morgan fingerprint density at radius 1 is 1.36 bits per heavy atom. The summed E-state index contributed by atoms with van der Waals surface area (Å²) in [7, 11) is 0. The molecule has 2 atom stereocenters. The number of aliphatic hydroxyl groups excluding tert-OH is 2. The van der Waals surface area contributed by atoms with E-state index in [-0.39, 0.29) is 17.8 Å². The number of benzene rings is 1. The Morgan fingerprint density at radius 2 is 2.12 bits per heavy atom. The van der Waals surface area contributed by atoms with Gasteiger partial charge in [0.15, 0.2) is 0 Å². The minimum atomic E-state index is -0.511. The number of halogens is 1. The highest BCUT2D eigenvalue weighted by Gasteiger charge is 2.41. The number of hydrogen-bond donors (Lipinski definition) is 2. The van der Waals surface area contributed by atoms with Crippen molar-refractivity contribution in [1.82, 2.24) is 9.88 Å². The Balaban J connectivity index is 1.63. The first-order valence-corrected chi connectivity index (χ1v) is 9.66. The van der Waals surface area contributed by atoms with Crippen LogP contribution in [-0.2, 0) is 6.54 Å². The monoisotopic (exact) mass is 364 g/mol. The fraction of sp³-hybridized carbons (Fsp3) is 0.526. The largest absolute Gasteiger partial charge is 0.396 e.